The van der Waals surface area contributed by atoms with E-state index in [0.717, 1.165) is 17.7 Å². The fourth-order valence-electron chi connectivity index (χ4n) is 1.37. The van der Waals surface area contributed by atoms with Gasteiger partial charge in [-0.1, -0.05) is 31.2 Å². The van der Waals surface area contributed by atoms with E-state index in [1.165, 1.54) is 5.56 Å². The molecule has 4 heteroatoms. The van der Waals surface area contributed by atoms with Crippen LogP contribution in [0.3, 0.4) is 0 Å². The molecule has 4 nitrogen and oxygen atoms in total. The first kappa shape index (κ1) is 11.2. The molecule has 1 aromatic carbocycles. The van der Waals surface area contributed by atoms with Crippen LogP contribution in [0.5, 0.6) is 0 Å². The largest absolute Gasteiger partial charge is 0.369 e. The predicted molar refractivity (Wildman–Crippen MR) is 63.8 cm³/mol. The number of rotatable bonds is 3. The van der Waals surface area contributed by atoms with Crippen molar-refractivity contribution in [3.05, 3.63) is 35.4 Å². The predicted octanol–water partition coefficient (Wildman–Crippen LogP) is 1.25. The average Bonchev–Trinajstić information content (AvgIpc) is 2.25. The molecule has 0 fully saturated rings. The molecule has 0 aliphatic carbocycles. The lowest BCUT2D eigenvalue weighted by molar-refractivity contribution is 1.12. The number of benzene rings is 1. The summed E-state index contributed by atoms with van der Waals surface area (Å²) >= 11 is 0. The van der Waals surface area contributed by atoms with E-state index in [9.17, 15) is 0 Å². The van der Waals surface area contributed by atoms with Crippen molar-refractivity contribution < 1.29 is 0 Å². The Morgan fingerprint density at radius 1 is 1.20 bits per heavy atom. The van der Waals surface area contributed by atoms with Gasteiger partial charge in [0.2, 0.25) is 5.96 Å². The smallest absolute Gasteiger partial charge is 0.211 e. The van der Waals surface area contributed by atoms with E-state index in [1.54, 1.807) is 0 Å². The molecule has 0 bridgehead atoms. The van der Waals surface area contributed by atoms with Crippen LogP contribution in [-0.4, -0.2) is 11.7 Å². The molecule has 15 heavy (non-hydrogen) atoms. The summed E-state index contributed by atoms with van der Waals surface area (Å²) < 4.78 is 0. The SMILES string of the molecule is CCc1ccccc1C(C)=NN=C(N)N. The highest BCUT2D eigenvalue weighted by atomic mass is 15.3. The molecule has 0 unspecified atom stereocenters. The van der Waals surface area contributed by atoms with Gasteiger partial charge in [-0.3, -0.25) is 0 Å². The van der Waals surface area contributed by atoms with Crippen LogP contribution in [0.15, 0.2) is 34.5 Å². The minimum atomic E-state index is -0.0247. The van der Waals surface area contributed by atoms with E-state index in [-0.39, 0.29) is 5.96 Å². The third kappa shape index (κ3) is 3.09. The second kappa shape index (κ2) is 5.14. The third-order valence-corrected chi connectivity index (χ3v) is 2.10. The Bertz CT molecular complexity index is 389. The van der Waals surface area contributed by atoms with Gasteiger partial charge < -0.3 is 11.5 Å². The lowest BCUT2D eigenvalue weighted by Crippen LogP contribution is -2.22. The summed E-state index contributed by atoms with van der Waals surface area (Å²) in [5.74, 6) is -0.0247. The van der Waals surface area contributed by atoms with Gasteiger partial charge in [-0.25, -0.2) is 0 Å². The van der Waals surface area contributed by atoms with Crippen LogP contribution in [0.4, 0.5) is 0 Å². The Labute approximate surface area is 89.7 Å². The molecule has 0 saturated heterocycles. The van der Waals surface area contributed by atoms with E-state index in [1.807, 2.05) is 25.1 Å². The van der Waals surface area contributed by atoms with E-state index in [2.05, 4.69) is 23.2 Å². The molecule has 0 aliphatic rings. The standard InChI is InChI=1S/C11H16N4/c1-3-9-6-4-5-7-10(9)8(2)14-15-11(12)13/h4-7H,3H2,1-2H3,(H4,12,13,15). The molecular weight excluding hydrogens is 188 g/mol. The number of hydrogen-bond donors (Lipinski definition) is 2. The Kier molecular flexibility index (Phi) is 3.85. The van der Waals surface area contributed by atoms with Crippen molar-refractivity contribution in [3.8, 4) is 0 Å². The minimum absolute atomic E-state index is 0.0247. The summed E-state index contributed by atoms with van der Waals surface area (Å²) in [6, 6.07) is 8.07. The van der Waals surface area contributed by atoms with Gasteiger partial charge in [0, 0.05) is 5.56 Å². The molecule has 0 spiro atoms. The van der Waals surface area contributed by atoms with Crippen LogP contribution >= 0.6 is 0 Å². The highest BCUT2D eigenvalue weighted by Crippen LogP contribution is 2.10. The normalized spacial score (nSPS) is 11.2. The number of guanidine groups is 1. The fraction of sp³-hybridized carbons (Fsp3) is 0.273. The Morgan fingerprint density at radius 2 is 1.87 bits per heavy atom. The van der Waals surface area contributed by atoms with Gasteiger partial charge in [0.25, 0.3) is 0 Å². The van der Waals surface area contributed by atoms with Gasteiger partial charge in [-0.2, -0.15) is 5.10 Å². The summed E-state index contributed by atoms with van der Waals surface area (Å²) in [6.07, 6.45) is 0.963. The number of aryl methyl sites for hydroxylation is 1. The van der Waals surface area contributed by atoms with Gasteiger partial charge in [-0.05, 0) is 18.9 Å². The average molecular weight is 204 g/mol. The molecule has 0 radical (unpaired) electrons. The quantitative estimate of drug-likeness (QED) is 0.441. The maximum absolute atomic E-state index is 5.21. The third-order valence-electron chi connectivity index (χ3n) is 2.10. The first-order valence-corrected chi connectivity index (χ1v) is 4.86. The summed E-state index contributed by atoms with van der Waals surface area (Å²) in [7, 11) is 0. The molecule has 0 amide bonds. The summed E-state index contributed by atoms with van der Waals surface area (Å²) in [6.45, 7) is 3.99. The Morgan fingerprint density at radius 3 is 2.47 bits per heavy atom. The molecule has 0 saturated carbocycles. The van der Waals surface area contributed by atoms with Crippen molar-refractivity contribution >= 4 is 11.7 Å². The zero-order chi connectivity index (χ0) is 11.3. The second-order valence-corrected chi connectivity index (χ2v) is 3.22. The molecule has 1 aromatic rings. The van der Waals surface area contributed by atoms with Crippen molar-refractivity contribution in [1.29, 1.82) is 0 Å². The molecule has 0 aliphatic heterocycles. The number of nitrogens with two attached hydrogens (primary N) is 2. The molecule has 0 heterocycles. The first-order valence-electron chi connectivity index (χ1n) is 4.86. The lowest BCUT2D eigenvalue weighted by Gasteiger charge is -2.05. The zero-order valence-corrected chi connectivity index (χ0v) is 9.07. The Hall–Kier alpha value is -1.84. The van der Waals surface area contributed by atoms with Crippen LogP contribution in [0.1, 0.15) is 25.0 Å². The van der Waals surface area contributed by atoms with Gasteiger partial charge in [0.15, 0.2) is 0 Å². The van der Waals surface area contributed by atoms with Crippen molar-refractivity contribution in [1.82, 2.24) is 0 Å². The van der Waals surface area contributed by atoms with Gasteiger partial charge in [0.05, 0.1) is 5.71 Å². The van der Waals surface area contributed by atoms with E-state index < -0.39 is 0 Å². The molecule has 1 rings (SSSR count). The van der Waals surface area contributed by atoms with Gasteiger partial charge in [-0.15, -0.1) is 5.10 Å². The maximum atomic E-state index is 5.21. The molecular formula is C11H16N4. The molecule has 0 atom stereocenters. The molecule has 0 aromatic heterocycles. The van der Waals surface area contributed by atoms with Crippen LogP contribution in [0.2, 0.25) is 0 Å². The van der Waals surface area contributed by atoms with Crippen LogP contribution in [0.25, 0.3) is 0 Å². The summed E-state index contributed by atoms with van der Waals surface area (Å²) in [5.41, 5.74) is 13.6. The van der Waals surface area contributed by atoms with Gasteiger partial charge in [0.1, 0.15) is 0 Å². The number of nitrogens with zero attached hydrogens (tertiary/aromatic N) is 2. The van der Waals surface area contributed by atoms with Crippen molar-refractivity contribution in [2.45, 2.75) is 20.3 Å². The fourth-order valence-corrected chi connectivity index (χ4v) is 1.37. The van der Waals surface area contributed by atoms with E-state index >= 15 is 0 Å². The van der Waals surface area contributed by atoms with Crippen molar-refractivity contribution in [3.63, 3.8) is 0 Å². The van der Waals surface area contributed by atoms with Gasteiger partial charge >= 0.3 is 0 Å². The van der Waals surface area contributed by atoms with Crippen molar-refractivity contribution in [2.24, 2.45) is 21.7 Å². The monoisotopic (exact) mass is 204 g/mol. The van der Waals surface area contributed by atoms with Crippen molar-refractivity contribution in [2.75, 3.05) is 0 Å². The maximum Gasteiger partial charge on any atom is 0.211 e. The highest BCUT2D eigenvalue weighted by molar-refractivity contribution is 6.00. The summed E-state index contributed by atoms with van der Waals surface area (Å²) in [4.78, 5) is 0. The molecule has 80 valence electrons. The second-order valence-electron chi connectivity index (χ2n) is 3.22. The van der Waals surface area contributed by atoms with Crippen LogP contribution < -0.4 is 11.5 Å². The summed E-state index contributed by atoms with van der Waals surface area (Å²) in [5, 5.41) is 7.59. The first-order chi connectivity index (χ1) is 7.15. The zero-order valence-electron chi connectivity index (χ0n) is 9.07. The minimum Gasteiger partial charge on any atom is -0.369 e. The van der Waals surface area contributed by atoms with E-state index in [0.29, 0.717) is 0 Å². The highest BCUT2D eigenvalue weighted by Gasteiger charge is 2.02. The number of hydrogen-bond acceptors (Lipinski definition) is 2. The molecule has 4 N–H and O–H groups in total. The van der Waals surface area contributed by atoms with Crippen LogP contribution in [-0.2, 0) is 6.42 Å². The Balaban J connectivity index is 3.05. The van der Waals surface area contributed by atoms with Crippen LogP contribution in [0, 0.1) is 0 Å². The lowest BCUT2D eigenvalue weighted by atomic mass is 10.0. The van der Waals surface area contributed by atoms with E-state index in [4.69, 9.17) is 11.5 Å². The topological polar surface area (TPSA) is 76.8 Å².